The first-order chi connectivity index (χ1) is 13.9. The number of rotatable bonds is 7. The first-order valence-corrected chi connectivity index (χ1v) is 9.75. The van der Waals surface area contributed by atoms with Crippen LogP contribution in [0.2, 0.25) is 0 Å². The number of nitrogens with zero attached hydrogens (tertiary/aromatic N) is 3. The van der Waals surface area contributed by atoms with Crippen LogP contribution in [0.15, 0.2) is 47.0 Å². The molecular formula is C23H27N3O3. The number of aromatic nitrogens is 2. The molecule has 1 unspecified atom stereocenters. The van der Waals surface area contributed by atoms with Crippen molar-refractivity contribution < 1.29 is 14.1 Å². The SMILES string of the molecule is CCC(Oc1cc(C)cc(C)c1)C(=O)N(C)Cc1nc(-c2ccc(C)cc2)no1. The predicted octanol–water partition coefficient (Wildman–Crippen LogP) is 4.48. The van der Waals surface area contributed by atoms with Crippen molar-refractivity contribution in [2.24, 2.45) is 0 Å². The second-order valence-corrected chi connectivity index (χ2v) is 7.41. The zero-order valence-electron chi connectivity index (χ0n) is 17.6. The Morgan fingerprint density at radius 2 is 1.72 bits per heavy atom. The van der Waals surface area contributed by atoms with Crippen molar-refractivity contribution in [1.29, 1.82) is 0 Å². The Morgan fingerprint density at radius 3 is 2.34 bits per heavy atom. The molecule has 6 heteroatoms. The molecule has 152 valence electrons. The van der Waals surface area contributed by atoms with Crippen LogP contribution in [0, 0.1) is 20.8 Å². The smallest absolute Gasteiger partial charge is 0.263 e. The predicted molar refractivity (Wildman–Crippen MR) is 112 cm³/mol. The molecule has 0 aliphatic rings. The summed E-state index contributed by atoms with van der Waals surface area (Å²) in [6.07, 6.45) is -0.00471. The van der Waals surface area contributed by atoms with Gasteiger partial charge < -0.3 is 14.2 Å². The Balaban J connectivity index is 1.66. The summed E-state index contributed by atoms with van der Waals surface area (Å²) in [4.78, 5) is 18.8. The highest BCUT2D eigenvalue weighted by Gasteiger charge is 2.24. The molecule has 1 amide bonds. The summed E-state index contributed by atoms with van der Waals surface area (Å²) < 4.78 is 11.3. The number of hydrogen-bond acceptors (Lipinski definition) is 5. The van der Waals surface area contributed by atoms with Crippen LogP contribution in [0.5, 0.6) is 5.75 Å². The lowest BCUT2D eigenvalue weighted by molar-refractivity contribution is -0.138. The Labute approximate surface area is 171 Å². The summed E-state index contributed by atoms with van der Waals surface area (Å²) in [5.41, 5.74) is 4.25. The fourth-order valence-corrected chi connectivity index (χ4v) is 3.14. The van der Waals surface area contributed by atoms with Gasteiger partial charge in [-0.1, -0.05) is 48.0 Å². The average molecular weight is 393 g/mol. The van der Waals surface area contributed by atoms with Crippen molar-refractivity contribution in [3.05, 3.63) is 65.0 Å². The van der Waals surface area contributed by atoms with Gasteiger partial charge in [0, 0.05) is 12.6 Å². The first-order valence-electron chi connectivity index (χ1n) is 9.75. The van der Waals surface area contributed by atoms with Crippen molar-refractivity contribution in [3.63, 3.8) is 0 Å². The summed E-state index contributed by atoms with van der Waals surface area (Å²) in [5.74, 6) is 1.48. The fraction of sp³-hybridized carbons (Fsp3) is 0.348. The maximum Gasteiger partial charge on any atom is 0.263 e. The molecule has 0 N–H and O–H groups in total. The van der Waals surface area contributed by atoms with E-state index in [9.17, 15) is 4.79 Å². The van der Waals surface area contributed by atoms with E-state index in [1.54, 1.807) is 11.9 Å². The van der Waals surface area contributed by atoms with E-state index in [1.807, 2.05) is 64.1 Å². The minimum atomic E-state index is -0.569. The van der Waals surface area contributed by atoms with Gasteiger partial charge in [0.1, 0.15) is 5.75 Å². The molecule has 1 heterocycles. The second kappa shape index (κ2) is 8.90. The molecule has 1 atom stereocenters. The molecule has 1 aromatic heterocycles. The largest absolute Gasteiger partial charge is 0.481 e. The van der Waals surface area contributed by atoms with Crippen LogP contribution in [0.4, 0.5) is 0 Å². The second-order valence-electron chi connectivity index (χ2n) is 7.41. The van der Waals surface area contributed by atoms with Gasteiger partial charge in [-0.25, -0.2) is 0 Å². The highest BCUT2D eigenvalue weighted by molar-refractivity contribution is 5.81. The number of benzene rings is 2. The molecule has 0 bridgehead atoms. The van der Waals surface area contributed by atoms with Crippen LogP contribution in [0.25, 0.3) is 11.4 Å². The maximum absolute atomic E-state index is 12.9. The number of amides is 1. The van der Waals surface area contributed by atoms with Gasteiger partial charge in [0.2, 0.25) is 11.7 Å². The number of aryl methyl sites for hydroxylation is 3. The van der Waals surface area contributed by atoms with E-state index in [4.69, 9.17) is 9.26 Å². The van der Waals surface area contributed by atoms with Crippen LogP contribution < -0.4 is 4.74 Å². The number of likely N-dealkylation sites (N-methyl/N-ethyl adjacent to an activating group) is 1. The van der Waals surface area contributed by atoms with Gasteiger partial charge >= 0.3 is 0 Å². The van der Waals surface area contributed by atoms with Crippen LogP contribution in [-0.2, 0) is 11.3 Å². The molecular weight excluding hydrogens is 366 g/mol. The van der Waals surface area contributed by atoms with Crippen molar-refractivity contribution in [2.45, 2.75) is 46.8 Å². The number of hydrogen-bond donors (Lipinski definition) is 0. The van der Waals surface area contributed by atoms with E-state index in [1.165, 1.54) is 0 Å². The van der Waals surface area contributed by atoms with Gasteiger partial charge in [0.05, 0.1) is 6.54 Å². The number of carbonyl (C=O) groups is 1. The number of ether oxygens (including phenoxy) is 1. The van der Waals surface area contributed by atoms with E-state index < -0.39 is 6.10 Å². The van der Waals surface area contributed by atoms with Crippen molar-refractivity contribution >= 4 is 5.91 Å². The summed E-state index contributed by atoms with van der Waals surface area (Å²) >= 11 is 0. The molecule has 2 aromatic carbocycles. The molecule has 0 fully saturated rings. The van der Waals surface area contributed by atoms with Gasteiger partial charge in [0.25, 0.3) is 5.91 Å². The summed E-state index contributed by atoms with van der Waals surface area (Å²) in [7, 11) is 1.71. The fourth-order valence-electron chi connectivity index (χ4n) is 3.14. The minimum absolute atomic E-state index is 0.123. The summed E-state index contributed by atoms with van der Waals surface area (Å²) in [6, 6.07) is 13.8. The Bertz CT molecular complexity index is 959. The minimum Gasteiger partial charge on any atom is -0.481 e. The van der Waals surface area contributed by atoms with Crippen LogP contribution in [0.1, 0.15) is 35.9 Å². The Morgan fingerprint density at radius 1 is 1.07 bits per heavy atom. The highest BCUT2D eigenvalue weighted by Crippen LogP contribution is 2.20. The molecule has 3 aromatic rings. The Kier molecular flexibility index (Phi) is 6.32. The molecule has 0 aliphatic carbocycles. The highest BCUT2D eigenvalue weighted by atomic mass is 16.5. The third kappa shape index (κ3) is 5.22. The monoisotopic (exact) mass is 393 g/mol. The average Bonchev–Trinajstić information content (AvgIpc) is 3.13. The lowest BCUT2D eigenvalue weighted by Gasteiger charge is -2.23. The third-order valence-electron chi connectivity index (χ3n) is 4.65. The summed E-state index contributed by atoms with van der Waals surface area (Å²) in [6.45, 7) is 8.20. The van der Waals surface area contributed by atoms with Crippen molar-refractivity contribution in [3.8, 4) is 17.1 Å². The van der Waals surface area contributed by atoms with Crippen LogP contribution in [0.3, 0.4) is 0 Å². The van der Waals surface area contributed by atoms with Crippen LogP contribution in [-0.4, -0.2) is 34.1 Å². The van der Waals surface area contributed by atoms with Gasteiger partial charge in [-0.2, -0.15) is 4.98 Å². The van der Waals surface area contributed by atoms with Gasteiger partial charge in [-0.05, 0) is 50.5 Å². The lowest BCUT2D eigenvalue weighted by Crippen LogP contribution is -2.39. The van der Waals surface area contributed by atoms with E-state index in [-0.39, 0.29) is 12.5 Å². The lowest BCUT2D eigenvalue weighted by atomic mass is 10.1. The van der Waals surface area contributed by atoms with E-state index >= 15 is 0 Å². The third-order valence-corrected chi connectivity index (χ3v) is 4.65. The molecule has 0 spiro atoms. The molecule has 0 saturated carbocycles. The molecule has 29 heavy (non-hydrogen) atoms. The van der Waals surface area contributed by atoms with Crippen molar-refractivity contribution in [2.75, 3.05) is 7.05 Å². The van der Waals surface area contributed by atoms with Gasteiger partial charge in [-0.3, -0.25) is 4.79 Å². The first kappa shape index (κ1) is 20.6. The normalized spacial score (nSPS) is 11.9. The zero-order valence-corrected chi connectivity index (χ0v) is 17.6. The molecule has 0 saturated heterocycles. The zero-order chi connectivity index (χ0) is 21.0. The Hall–Kier alpha value is -3.15. The topological polar surface area (TPSA) is 68.5 Å². The van der Waals surface area contributed by atoms with Gasteiger partial charge in [0.15, 0.2) is 6.10 Å². The van der Waals surface area contributed by atoms with Crippen LogP contribution >= 0.6 is 0 Å². The van der Waals surface area contributed by atoms with Gasteiger partial charge in [-0.15, -0.1) is 0 Å². The van der Waals surface area contributed by atoms with E-state index in [2.05, 4.69) is 16.2 Å². The quantitative estimate of drug-likeness (QED) is 0.592. The molecule has 0 radical (unpaired) electrons. The molecule has 6 nitrogen and oxygen atoms in total. The van der Waals surface area contributed by atoms with Crippen molar-refractivity contribution in [1.82, 2.24) is 15.0 Å². The molecule has 3 rings (SSSR count). The maximum atomic E-state index is 12.9. The van der Waals surface area contributed by atoms with E-state index in [0.717, 1.165) is 22.3 Å². The molecule has 0 aliphatic heterocycles. The van der Waals surface area contributed by atoms with E-state index in [0.29, 0.717) is 23.9 Å². The number of carbonyl (C=O) groups excluding carboxylic acids is 1. The summed E-state index contributed by atoms with van der Waals surface area (Å²) in [5, 5.41) is 4.03. The standard InChI is InChI=1S/C23H27N3O3/c1-6-20(28-19-12-16(3)11-17(4)13-19)23(27)26(5)14-21-24-22(25-29-21)18-9-7-15(2)8-10-18/h7-13,20H,6,14H2,1-5H3.